The van der Waals surface area contributed by atoms with Crippen molar-refractivity contribution in [1.29, 1.82) is 0 Å². The van der Waals surface area contributed by atoms with Crippen molar-refractivity contribution in [1.82, 2.24) is 0 Å². The molecule has 2 aromatic rings. The number of hydrogen-bond acceptors (Lipinski definition) is 3. The SMILES string of the molecule is CCCCCCCCCCCc1sc(C(=O)OCC)c2ccc(C)cc12. The quantitative estimate of drug-likeness (QED) is 0.285. The highest BCUT2D eigenvalue weighted by Crippen LogP contribution is 2.34. The first-order chi connectivity index (χ1) is 12.7. The molecule has 0 saturated carbocycles. The third-order valence-corrected chi connectivity index (χ3v) is 6.17. The summed E-state index contributed by atoms with van der Waals surface area (Å²) in [7, 11) is 0. The summed E-state index contributed by atoms with van der Waals surface area (Å²) in [5, 5.41) is 2.31. The van der Waals surface area contributed by atoms with E-state index in [9.17, 15) is 4.79 Å². The van der Waals surface area contributed by atoms with Gasteiger partial charge in [0.2, 0.25) is 0 Å². The zero-order chi connectivity index (χ0) is 18.8. The first kappa shape index (κ1) is 21.0. The van der Waals surface area contributed by atoms with E-state index < -0.39 is 0 Å². The molecule has 0 fully saturated rings. The van der Waals surface area contributed by atoms with E-state index in [1.54, 1.807) is 11.3 Å². The van der Waals surface area contributed by atoms with E-state index in [0.29, 0.717) is 6.61 Å². The second kappa shape index (κ2) is 11.4. The molecule has 144 valence electrons. The monoisotopic (exact) mass is 374 g/mol. The van der Waals surface area contributed by atoms with Crippen molar-refractivity contribution < 1.29 is 9.53 Å². The van der Waals surface area contributed by atoms with Crippen LogP contribution < -0.4 is 0 Å². The largest absolute Gasteiger partial charge is 0.462 e. The van der Waals surface area contributed by atoms with E-state index in [0.717, 1.165) is 16.7 Å². The van der Waals surface area contributed by atoms with Gasteiger partial charge in [0.05, 0.1) is 6.61 Å². The van der Waals surface area contributed by atoms with Crippen LogP contribution in [0.4, 0.5) is 0 Å². The molecule has 2 rings (SSSR count). The molecule has 0 N–H and O–H groups in total. The van der Waals surface area contributed by atoms with Crippen molar-refractivity contribution in [2.45, 2.75) is 85.0 Å². The van der Waals surface area contributed by atoms with Gasteiger partial charge in [0, 0.05) is 10.3 Å². The molecule has 0 radical (unpaired) electrons. The Hall–Kier alpha value is -1.35. The third kappa shape index (κ3) is 6.12. The number of esters is 1. The summed E-state index contributed by atoms with van der Waals surface area (Å²) < 4.78 is 5.25. The number of unbranched alkanes of at least 4 members (excludes halogenated alkanes) is 8. The zero-order valence-corrected chi connectivity index (χ0v) is 17.6. The summed E-state index contributed by atoms with van der Waals surface area (Å²) in [6, 6.07) is 6.38. The Morgan fingerprint density at radius 1 is 0.923 bits per heavy atom. The first-order valence-electron chi connectivity index (χ1n) is 10.4. The summed E-state index contributed by atoms with van der Waals surface area (Å²) in [6.07, 6.45) is 13.1. The van der Waals surface area contributed by atoms with Crippen LogP contribution in [0, 0.1) is 6.92 Å². The van der Waals surface area contributed by atoms with Gasteiger partial charge in [-0.05, 0) is 32.1 Å². The van der Waals surface area contributed by atoms with E-state index in [-0.39, 0.29) is 5.97 Å². The predicted molar refractivity (Wildman–Crippen MR) is 113 cm³/mol. The standard InChI is InChI=1S/C23H34O2S/c1-4-6-7-8-9-10-11-12-13-14-21-20-17-18(3)15-16-19(20)22(26-21)23(24)25-5-2/h15-17H,4-14H2,1-3H3. The summed E-state index contributed by atoms with van der Waals surface area (Å²) in [5.74, 6) is -0.176. The van der Waals surface area contributed by atoms with Crippen molar-refractivity contribution in [2.75, 3.05) is 6.61 Å². The number of thiophene rings is 1. The van der Waals surface area contributed by atoms with Gasteiger partial charge >= 0.3 is 5.97 Å². The molecule has 0 bridgehead atoms. The summed E-state index contributed by atoms with van der Waals surface area (Å²) in [5.41, 5.74) is 1.25. The van der Waals surface area contributed by atoms with Crippen LogP contribution in [-0.4, -0.2) is 12.6 Å². The normalized spacial score (nSPS) is 11.2. The van der Waals surface area contributed by atoms with Crippen molar-refractivity contribution >= 4 is 28.1 Å². The van der Waals surface area contributed by atoms with Crippen molar-refractivity contribution in [3.8, 4) is 0 Å². The van der Waals surface area contributed by atoms with Crippen LogP contribution >= 0.6 is 11.3 Å². The molecule has 1 heterocycles. The van der Waals surface area contributed by atoms with Crippen LogP contribution in [0.2, 0.25) is 0 Å². The van der Waals surface area contributed by atoms with Crippen molar-refractivity contribution in [3.63, 3.8) is 0 Å². The molecule has 0 spiro atoms. The van der Waals surface area contributed by atoms with E-state index in [4.69, 9.17) is 4.74 Å². The van der Waals surface area contributed by atoms with Gasteiger partial charge in [-0.2, -0.15) is 0 Å². The zero-order valence-electron chi connectivity index (χ0n) is 16.7. The maximum Gasteiger partial charge on any atom is 0.348 e. The number of benzene rings is 1. The molecule has 0 aliphatic carbocycles. The fraction of sp³-hybridized carbons (Fsp3) is 0.609. The maximum absolute atomic E-state index is 12.3. The van der Waals surface area contributed by atoms with E-state index in [1.807, 2.05) is 6.92 Å². The fourth-order valence-corrected chi connectivity index (χ4v) is 4.65. The van der Waals surface area contributed by atoms with Gasteiger partial charge in [-0.25, -0.2) is 4.79 Å². The maximum atomic E-state index is 12.3. The molecule has 0 unspecified atom stereocenters. The number of hydrogen-bond donors (Lipinski definition) is 0. The minimum atomic E-state index is -0.176. The van der Waals surface area contributed by atoms with E-state index in [2.05, 4.69) is 32.0 Å². The molecule has 3 heteroatoms. The highest BCUT2D eigenvalue weighted by atomic mass is 32.1. The number of fused-ring (bicyclic) bond motifs is 1. The van der Waals surface area contributed by atoms with Gasteiger partial charge < -0.3 is 4.74 Å². The molecule has 0 aliphatic rings. The molecular weight excluding hydrogens is 340 g/mol. The molecule has 1 aromatic carbocycles. The number of rotatable bonds is 12. The van der Waals surface area contributed by atoms with Crippen LogP contribution in [0.25, 0.3) is 10.8 Å². The average Bonchev–Trinajstić information content (AvgIpc) is 2.98. The van der Waals surface area contributed by atoms with Crippen molar-refractivity contribution in [3.05, 3.63) is 33.5 Å². The molecular formula is C23H34O2S. The average molecular weight is 375 g/mol. The molecule has 1 aromatic heterocycles. The summed E-state index contributed by atoms with van der Waals surface area (Å²) >= 11 is 1.63. The minimum absolute atomic E-state index is 0.176. The molecule has 2 nitrogen and oxygen atoms in total. The van der Waals surface area contributed by atoms with Gasteiger partial charge in [0.15, 0.2) is 0 Å². The fourth-order valence-electron chi connectivity index (χ4n) is 3.45. The number of aryl methyl sites for hydroxylation is 2. The Bertz CT molecular complexity index is 687. The minimum Gasteiger partial charge on any atom is -0.462 e. The van der Waals surface area contributed by atoms with Gasteiger partial charge in [0.1, 0.15) is 4.88 Å². The van der Waals surface area contributed by atoms with E-state index >= 15 is 0 Å². The molecule has 0 amide bonds. The second-order valence-corrected chi connectivity index (χ2v) is 8.31. The Morgan fingerprint density at radius 2 is 1.58 bits per heavy atom. The summed E-state index contributed by atoms with van der Waals surface area (Å²) in [6.45, 7) is 6.67. The highest BCUT2D eigenvalue weighted by molar-refractivity contribution is 7.15. The summed E-state index contributed by atoms with van der Waals surface area (Å²) in [4.78, 5) is 14.4. The molecule has 0 saturated heterocycles. The predicted octanol–water partition coefficient (Wildman–Crippen LogP) is 7.46. The topological polar surface area (TPSA) is 26.3 Å². The first-order valence-corrected chi connectivity index (χ1v) is 11.2. The molecule has 26 heavy (non-hydrogen) atoms. The number of ether oxygens (including phenoxy) is 1. The molecule has 0 aliphatic heterocycles. The smallest absolute Gasteiger partial charge is 0.348 e. The number of carbonyl (C=O) groups is 1. The lowest BCUT2D eigenvalue weighted by atomic mass is 10.0. The van der Waals surface area contributed by atoms with Crippen LogP contribution in [0.3, 0.4) is 0 Å². The van der Waals surface area contributed by atoms with Gasteiger partial charge in [-0.1, -0.05) is 82.1 Å². The second-order valence-electron chi connectivity index (χ2n) is 7.20. The lowest BCUT2D eigenvalue weighted by Gasteiger charge is -2.02. The van der Waals surface area contributed by atoms with Gasteiger partial charge in [-0.3, -0.25) is 0 Å². The van der Waals surface area contributed by atoms with E-state index in [1.165, 1.54) is 73.6 Å². The van der Waals surface area contributed by atoms with Crippen LogP contribution in [0.1, 0.15) is 91.7 Å². The van der Waals surface area contributed by atoms with Crippen LogP contribution in [0.15, 0.2) is 18.2 Å². The van der Waals surface area contributed by atoms with Crippen LogP contribution in [-0.2, 0) is 11.2 Å². The Morgan fingerprint density at radius 3 is 2.23 bits per heavy atom. The number of carbonyl (C=O) groups excluding carboxylic acids is 1. The lowest BCUT2D eigenvalue weighted by Crippen LogP contribution is -2.02. The highest BCUT2D eigenvalue weighted by Gasteiger charge is 2.17. The Balaban J connectivity index is 1.88. The Labute approximate surface area is 163 Å². The van der Waals surface area contributed by atoms with Crippen LogP contribution in [0.5, 0.6) is 0 Å². The lowest BCUT2D eigenvalue weighted by molar-refractivity contribution is 0.0534. The third-order valence-electron chi connectivity index (χ3n) is 4.91. The van der Waals surface area contributed by atoms with Crippen molar-refractivity contribution in [2.24, 2.45) is 0 Å². The van der Waals surface area contributed by atoms with Gasteiger partial charge in [-0.15, -0.1) is 11.3 Å². The molecule has 0 atom stereocenters. The Kier molecular flexibility index (Phi) is 9.17. The van der Waals surface area contributed by atoms with Gasteiger partial charge in [0.25, 0.3) is 0 Å².